The Bertz CT molecular complexity index is 956. The molecule has 26 heavy (non-hydrogen) atoms. The normalized spacial score (nSPS) is 16.3. The van der Waals surface area contributed by atoms with Gasteiger partial charge in [-0.25, -0.2) is 4.39 Å². The number of piperidine rings is 1. The van der Waals surface area contributed by atoms with Crippen molar-refractivity contribution in [2.45, 2.75) is 18.8 Å². The molecule has 3 aromatic rings. The number of benzene rings is 2. The van der Waals surface area contributed by atoms with E-state index < -0.39 is 0 Å². The van der Waals surface area contributed by atoms with E-state index in [1.54, 1.807) is 4.57 Å². The lowest BCUT2D eigenvalue weighted by Crippen LogP contribution is -2.29. The van der Waals surface area contributed by atoms with Crippen molar-refractivity contribution in [3.05, 3.63) is 70.6 Å². The minimum absolute atomic E-state index is 0.170. The van der Waals surface area contributed by atoms with Crippen LogP contribution >= 0.6 is 11.6 Å². The van der Waals surface area contributed by atoms with E-state index in [-0.39, 0.29) is 11.7 Å². The summed E-state index contributed by atoms with van der Waals surface area (Å²) in [5.74, 6) is -0.0949. The van der Waals surface area contributed by atoms with Gasteiger partial charge in [-0.15, -0.1) is 0 Å². The van der Waals surface area contributed by atoms with Gasteiger partial charge >= 0.3 is 0 Å². The molecule has 0 N–H and O–H groups in total. The fourth-order valence-electron chi connectivity index (χ4n) is 3.77. The third-order valence-electron chi connectivity index (χ3n) is 5.27. The van der Waals surface area contributed by atoms with Gasteiger partial charge in [-0.3, -0.25) is 9.36 Å². The van der Waals surface area contributed by atoms with E-state index in [2.05, 4.69) is 11.9 Å². The largest absolute Gasteiger partial charge is 0.306 e. The second kappa shape index (κ2) is 6.86. The van der Waals surface area contributed by atoms with Gasteiger partial charge in [-0.05, 0) is 80.9 Å². The smallest absolute Gasteiger partial charge is 0.262 e. The third kappa shape index (κ3) is 3.15. The Labute approximate surface area is 157 Å². The highest BCUT2D eigenvalue weighted by atomic mass is 35.5. The molecular formula is C21H20ClFN2O. The summed E-state index contributed by atoms with van der Waals surface area (Å²) in [7, 11) is 2.14. The van der Waals surface area contributed by atoms with Crippen LogP contribution in [0.2, 0.25) is 5.02 Å². The van der Waals surface area contributed by atoms with Crippen LogP contribution in [-0.4, -0.2) is 35.5 Å². The van der Waals surface area contributed by atoms with Crippen molar-refractivity contribution in [3.63, 3.8) is 0 Å². The molecule has 0 radical (unpaired) electrons. The number of hydrogen-bond donors (Lipinski definition) is 0. The predicted molar refractivity (Wildman–Crippen MR) is 103 cm³/mol. The van der Waals surface area contributed by atoms with Crippen molar-refractivity contribution in [1.29, 1.82) is 0 Å². The topological polar surface area (TPSA) is 25.2 Å². The minimum atomic E-state index is -0.353. The molecule has 2 aromatic carbocycles. The van der Waals surface area contributed by atoms with Crippen LogP contribution in [0.25, 0.3) is 10.9 Å². The van der Waals surface area contributed by atoms with Crippen molar-refractivity contribution < 1.29 is 9.18 Å². The van der Waals surface area contributed by atoms with Crippen LogP contribution in [0.1, 0.15) is 34.7 Å². The number of likely N-dealkylation sites (tertiary alicyclic amines) is 1. The molecule has 0 amide bonds. The summed E-state index contributed by atoms with van der Waals surface area (Å²) in [5, 5.41) is 1.66. The highest BCUT2D eigenvalue weighted by molar-refractivity contribution is 6.31. The summed E-state index contributed by atoms with van der Waals surface area (Å²) in [4.78, 5) is 15.3. The van der Waals surface area contributed by atoms with E-state index in [4.69, 9.17) is 11.6 Å². The van der Waals surface area contributed by atoms with Gasteiger partial charge in [0.15, 0.2) is 0 Å². The van der Waals surface area contributed by atoms with Crippen molar-refractivity contribution in [2.24, 2.45) is 0 Å². The highest BCUT2D eigenvalue weighted by Gasteiger charge is 2.24. The molecule has 0 saturated carbocycles. The average Bonchev–Trinajstić information content (AvgIpc) is 3.01. The van der Waals surface area contributed by atoms with Gasteiger partial charge in [-0.2, -0.15) is 0 Å². The van der Waals surface area contributed by atoms with Crippen LogP contribution < -0.4 is 0 Å². The van der Waals surface area contributed by atoms with Gasteiger partial charge in [0.2, 0.25) is 0 Å². The number of rotatable bonds is 2. The van der Waals surface area contributed by atoms with Gasteiger partial charge in [0.05, 0.1) is 5.52 Å². The quantitative estimate of drug-likeness (QED) is 0.639. The number of carbonyl (C=O) groups excluding carboxylic acids is 1. The molecule has 5 heteroatoms. The second-order valence-corrected chi connectivity index (χ2v) is 7.44. The number of carbonyl (C=O) groups is 1. The summed E-state index contributed by atoms with van der Waals surface area (Å²) in [6, 6.07) is 11.4. The second-order valence-electron chi connectivity index (χ2n) is 7.01. The van der Waals surface area contributed by atoms with Crippen LogP contribution in [0.5, 0.6) is 0 Å². The standard InChI is InChI=1S/C21H20ClFN2O/c1-24-10-8-14(9-11-24)19-13-25(20-12-16(22)4-7-18(19)20)21(26)15-2-5-17(23)6-3-15/h2-7,12-14H,8-11H2,1H3. The van der Waals surface area contributed by atoms with Gasteiger partial charge in [0.25, 0.3) is 5.91 Å². The molecular weight excluding hydrogens is 351 g/mol. The molecule has 0 bridgehead atoms. The molecule has 1 aliphatic heterocycles. The molecule has 0 spiro atoms. The number of fused-ring (bicyclic) bond motifs is 1. The average molecular weight is 371 g/mol. The molecule has 1 fully saturated rings. The van der Waals surface area contributed by atoms with E-state index in [1.807, 2.05) is 24.4 Å². The maximum atomic E-state index is 13.2. The molecule has 134 valence electrons. The summed E-state index contributed by atoms with van der Waals surface area (Å²) in [6.45, 7) is 2.10. The van der Waals surface area contributed by atoms with Crippen molar-refractivity contribution in [1.82, 2.24) is 9.47 Å². The first kappa shape index (κ1) is 17.3. The van der Waals surface area contributed by atoms with Crippen molar-refractivity contribution in [2.75, 3.05) is 20.1 Å². The van der Waals surface area contributed by atoms with Crippen molar-refractivity contribution >= 4 is 28.4 Å². The Morgan fingerprint density at radius 2 is 1.81 bits per heavy atom. The lowest BCUT2D eigenvalue weighted by molar-refractivity contribution is 0.0964. The third-order valence-corrected chi connectivity index (χ3v) is 5.50. The molecule has 1 saturated heterocycles. The predicted octanol–water partition coefficient (Wildman–Crippen LogP) is 4.93. The number of aromatic nitrogens is 1. The Hall–Kier alpha value is -2.17. The molecule has 1 aliphatic rings. The maximum absolute atomic E-state index is 13.2. The summed E-state index contributed by atoms with van der Waals surface area (Å²) in [6.07, 6.45) is 4.09. The zero-order valence-electron chi connectivity index (χ0n) is 14.6. The molecule has 2 heterocycles. The monoisotopic (exact) mass is 370 g/mol. The molecule has 0 unspecified atom stereocenters. The van der Waals surface area contributed by atoms with Crippen LogP contribution in [0.4, 0.5) is 4.39 Å². The molecule has 0 atom stereocenters. The molecule has 4 rings (SSSR count). The fourth-order valence-corrected chi connectivity index (χ4v) is 3.94. The van der Waals surface area contributed by atoms with E-state index in [0.717, 1.165) is 36.8 Å². The Morgan fingerprint density at radius 1 is 1.12 bits per heavy atom. The fraction of sp³-hybridized carbons (Fsp3) is 0.286. The van der Waals surface area contributed by atoms with Gasteiger partial charge in [-0.1, -0.05) is 17.7 Å². The Kier molecular flexibility index (Phi) is 4.55. The first-order valence-corrected chi connectivity index (χ1v) is 9.20. The maximum Gasteiger partial charge on any atom is 0.262 e. The minimum Gasteiger partial charge on any atom is -0.306 e. The zero-order valence-corrected chi connectivity index (χ0v) is 15.3. The molecule has 0 aliphatic carbocycles. The van der Waals surface area contributed by atoms with Gasteiger partial charge in [0.1, 0.15) is 5.82 Å². The van der Waals surface area contributed by atoms with Gasteiger partial charge in [0, 0.05) is 22.2 Å². The first-order chi connectivity index (χ1) is 12.5. The summed E-state index contributed by atoms with van der Waals surface area (Å²) < 4.78 is 14.9. The van der Waals surface area contributed by atoms with E-state index in [0.29, 0.717) is 16.5 Å². The van der Waals surface area contributed by atoms with Crippen LogP contribution in [0, 0.1) is 5.82 Å². The lowest BCUT2D eigenvalue weighted by atomic mass is 9.89. The Balaban J connectivity index is 1.80. The van der Waals surface area contributed by atoms with E-state index >= 15 is 0 Å². The van der Waals surface area contributed by atoms with Crippen LogP contribution in [-0.2, 0) is 0 Å². The van der Waals surface area contributed by atoms with E-state index in [9.17, 15) is 9.18 Å². The summed E-state index contributed by atoms with van der Waals surface area (Å²) in [5.41, 5.74) is 2.46. The zero-order chi connectivity index (χ0) is 18.3. The Morgan fingerprint density at radius 3 is 2.50 bits per heavy atom. The van der Waals surface area contributed by atoms with Gasteiger partial charge < -0.3 is 4.90 Å². The summed E-state index contributed by atoms with van der Waals surface area (Å²) >= 11 is 6.20. The van der Waals surface area contributed by atoms with Crippen LogP contribution in [0.15, 0.2) is 48.7 Å². The SMILES string of the molecule is CN1CCC(c2cn(C(=O)c3ccc(F)cc3)c3cc(Cl)ccc23)CC1. The van der Waals surface area contributed by atoms with Crippen LogP contribution in [0.3, 0.4) is 0 Å². The lowest BCUT2D eigenvalue weighted by Gasteiger charge is -2.28. The number of nitrogens with zero attached hydrogens (tertiary/aromatic N) is 2. The molecule has 3 nitrogen and oxygen atoms in total. The number of hydrogen-bond acceptors (Lipinski definition) is 2. The van der Waals surface area contributed by atoms with E-state index in [1.165, 1.54) is 29.8 Å². The first-order valence-electron chi connectivity index (χ1n) is 8.82. The highest BCUT2D eigenvalue weighted by Crippen LogP contribution is 2.35. The number of halogens is 2. The molecule has 1 aromatic heterocycles. The van der Waals surface area contributed by atoms with Crippen molar-refractivity contribution in [3.8, 4) is 0 Å².